The molecule has 7 nitrogen and oxygen atoms in total. The van der Waals surface area contributed by atoms with Crippen molar-refractivity contribution >= 4 is 23.3 Å². The van der Waals surface area contributed by atoms with Gasteiger partial charge in [-0.05, 0) is 37.5 Å². The molecule has 3 aromatic rings. The van der Waals surface area contributed by atoms with E-state index in [1.54, 1.807) is 37.3 Å². The lowest BCUT2D eigenvalue weighted by Gasteiger charge is -2.16. The summed E-state index contributed by atoms with van der Waals surface area (Å²) < 4.78 is 7.47. The Morgan fingerprint density at radius 2 is 2.10 bits per heavy atom. The molecule has 0 saturated heterocycles. The molecule has 3 rings (SSSR count). The summed E-state index contributed by atoms with van der Waals surface area (Å²) >= 11 is 0. The van der Waals surface area contributed by atoms with E-state index >= 15 is 0 Å². The minimum Gasteiger partial charge on any atom is -0.493 e. The Hall–Kier alpha value is -3.35. The topological polar surface area (TPSA) is 93.2 Å². The van der Waals surface area contributed by atoms with E-state index in [0.29, 0.717) is 23.3 Å². The number of ether oxygens (including phenoxy) is 1. The predicted molar refractivity (Wildman–Crippen MR) is 126 cm³/mol. The molecule has 1 aromatic carbocycles. The van der Waals surface area contributed by atoms with Crippen molar-refractivity contribution in [2.24, 2.45) is 12.0 Å². The number of nitrogens with one attached hydrogen (secondary N) is 1. The molecule has 0 fully saturated rings. The van der Waals surface area contributed by atoms with Crippen LogP contribution in [0.15, 0.2) is 40.4 Å². The van der Waals surface area contributed by atoms with E-state index in [4.69, 9.17) is 15.1 Å². The lowest BCUT2D eigenvalue weighted by atomic mass is 9.98. The molecular weight excluding hydrogens is 390 g/mol. The van der Waals surface area contributed by atoms with Crippen LogP contribution in [-0.2, 0) is 13.5 Å². The van der Waals surface area contributed by atoms with Gasteiger partial charge in [0.1, 0.15) is 11.6 Å². The normalized spacial score (nSPS) is 12.4. The molecule has 1 unspecified atom stereocenters. The first kappa shape index (κ1) is 22.3. The van der Waals surface area contributed by atoms with Crippen LogP contribution in [0.25, 0.3) is 22.0 Å². The van der Waals surface area contributed by atoms with Crippen LogP contribution in [0.1, 0.15) is 44.0 Å². The lowest BCUT2D eigenvalue weighted by Crippen LogP contribution is -2.19. The number of aromatic nitrogens is 3. The number of unbranched alkanes of at least 4 members (excludes halogenated alkanes) is 1. The van der Waals surface area contributed by atoms with Gasteiger partial charge in [0.25, 0.3) is 5.56 Å². The summed E-state index contributed by atoms with van der Waals surface area (Å²) in [5, 5.41) is 8.13. The molecule has 0 aliphatic heterocycles. The monoisotopic (exact) mass is 419 g/mol. The Kier molecular flexibility index (Phi) is 7.28. The van der Waals surface area contributed by atoms with Crippen molar-refractivity contribution in [2.75, 3.05) is 13.7 Å². The van der Waals surface area contributed by atoms with E-state index in [0.717, 1.165) is 36.1 Å². The van der Waals surface area contributed by atoms with Crippen LogP contribution >= 0.6 is 0 Å². The molecule has 0 radical (unpaired) electrons. The number of pyridine rings is 1. The van der Waals surface area contributed by atoms with Gasteiger partial charge in [-0.15, -0.1) is 0 Å². The summed E-state index contributed by atoms with van der Waals surface area (Å²) in [6.07, 6.45) is 9.40. The predicted octanol–water partition coefficient (Wildman–Crippen LogP) is 4.17. The number of rotatable bonds is 9. The molecule has 2 heterocycles. The van der Waals surface area contributed by atoms with Gasteiger partial charge >= 0.3 is 0 Å². The molecule has 162 valence electrons. The van der Waals surface area contributed by atoms with Crippen molar-refractivity contribution in [3.05, 3.63) is 52.3 Å². The third-order valence-electron chi connectivity index (χ3n) is 5.18. The zero-order valence-electron chi connectivity index (χ0n) is 18.6. The largest absolute Gasteiger partial charge is 0.493 e. The highest BCUT2D eigenvalue weighted by Crippen LogP contribution is 2.35. The second kappa shape index (κ2) is 10.1. The van der Waals surface area contributed by atoms with E-state index in [9.17, 15) is 4.79 Å². The number of hydrogen-bond donors (Lipinski definition) is 1. The molecule has 1 atom stereocenters. The maximum absolute atomic E-state index is 12.8. The van der Waals surface area contributed by atoms with Gasteiger partial charge in [-0.1, -0.05) is 19.4 Å². The first-order chi connectivity index (χ1) is 15.0. The molecule has 0 aliphatic rings. The number of hydrogen-bond acceptors (Lipinski definition) is 6. The maximum Gasteiger partial charge on any atom is 0.261 e. The van der Waals surface area contributed by atoms with Gasteiger partial charge in [0.15, 0.2) is 0 Å². The summed E-state index contributed by atoms with van der Waals surface area (Å²) in [7, 11) is 3.37. The first-order valence-corrected chi connectivity index (χ1v) is 10.6. The zero-order chi connectivity index (χ0) is 22.4. The van der Waals surface area contributed by atoms with Crippen molar-refractivity contribution in [3.8, 4) is 16.9 Å². The van der Waals surface area contributed by atoms with Crippen LogP contribution in [0.2, 0.25) is 0 Å². The van der Waals surface area contributed by atoms with Crippen molar-refractivity contribution in [3.63, 3.8) is 0 Å². The average molecular weight is 420 g/mol. The number of nitrogens with zero attached hydrogens (tertiary/aromatic N) is 4. The van der Waals surface area contributed by atoms with E-state index in [1.165, 1.54) is 11.8 Å². The Balaban J connectivity index is 2.31. The third-order valence-corrected chi connectivity index (χ3v) is 5.18. The molecule has 31 heavy (non-hydrogen) atoms. The van der Waals surface area contributed by atoms with Crippen LogP contribution in [0.5, 0.6) is 5.75 Å². The number of aryl methyl sites for hydroxylation is 2. The molecule has 0 aliphatic carbocycles. The van der Waals surface area contributed by atoms with Crippen LogP contribution in [0.3, 0.4) is 0 Å². The second-order valence-electron chi connectivity index (χ2n) is 7.42. The van der Waals surface area contributed by atoms with Crippen molar-refractivity contribution < 1.29 is 4.74 Å². The molecule has 0 bridgehead atoms. The Morgan fingerprint density at radius 3 is 2.77 bits per heavy atom. The van der Waals surface area contributed by atoms with E-state index in [-0.39, 0.29) is 5.56 Å². The molecular formula is C24H29N5O2. The van der Waals surface area contributed by atoms with Crippen molar-refractivity contribution in [2.45, 2.75) is 39.0 Å². The summed E-state index contributed by atoms with van der Waals surface area (Å²) in [4.78, 5) is 25.9. The number of benzene rings is 1. The van der Waals surface area contributed by atoms with Gasteiger partial charge in [-0.3, -0.25) is 9.79 Å². The van der Waals surface area contributed by atoms with Crippen molar-refractivity contribution in [1.29, 1.82) is 5.41 Å². The van der Waals surface area contributed by atoms with Crippen LogP contribution in [-0.4, -0.2) is 40.6 Å². The minimum atomic E-state index is -0.450. The Labute approximate surface area is 182 Å². The van der Waals surface area contributed by atoms with Gasteiger partial charge in [0, 0.05) is 50.0 Å². The second-order valence-corrected chi connectivity index (χ2v) is 7.42. The van der Waals surface area contributed by atoms with E-state index in [1.807, 2.05) is 13.0 Å². The molecule has 0 spiro atoms. The third kappa shape index (κ3) is 4.71. The fourth-order valence-corrected chi connectivity index (χ4v) is 3.57. The minimum absolute atomic E-state index is 0.166. The fraction of sp³-hybridized carbons (Fsp3) is 0.375. The Bertz CT molecular complexity index is 1170. The van der Waals surface area contributed by atoms with Crippen molar-refractivity contribution in [1.82, 2.24) is 14.5 Å². The highest BCUT2D eigenvalue weighted by Gasteiger charge is 2.18. The SMILES string of the molecule is CCCCc1ccc(OCC)c(-c2cn(C)c(=O)c3cnc(C(C=N)C=NC)nc23)c1. The maximum atomic E-state index is 12.8. The van der Waals surface area contributed by atoms with E-state index in [2.05, 4.69) is 29.0 Å². The summed E-state index contributed by atoms with van der Waals surface area (Å²) in [5.41, 5.74) is 3.31. The molecule has 1 N–H and O–H groups in total. The molecule has 0 saturated carbocycles. The smallest absolute Gasteiger partial charge is 0.261 e. The van der Waals surface area contributed by atoms with E-state index < -0.39 is 5.92 Å². The summed E-state index contributed by atoms with van der Waals surface area (Å²) in [6, 6.07) is 6.22. The fourth-order valence-electron chi connectivity index (χ4n) is 3.57. The Morgan fingerprint density at radius 1 is 1.29 bits per heavy atom. The molecule has 7 heteroatoms. The highest BCUT2D eigenvalue weighted by atomic mass is 16.5. The van der Waals surface area contributed by atoms with Crippen LogP contribution in [0.4, 0.5) is 0 Å². The number of fused-ring (bicyclic) bond motifs is 1. The average Bonchev–Trinajstić information content (AvgIpc) is 2.79. The zero-order valence-corrected chi connectivity index (χ0v) is 18.6. The van der Waals surface area contributed by atoms with Gasteiger partial charge < -0.3 is 14.7 Å². The number of aliphatic imine (C=N–C) groups is 1. The molecule has 2 aromatic heterocycles. The van der Waals surface area contributed by atoms with Gasteiger partial charge in [-0.2, -0.15) is 0 Å². The summed E-state index contributed by atoms with van der Waals surface area (Å²) in [6.45, 7) is 4.66. The highest BCUT2D eigenvalue weighted by molar-refractivity contribution is 5.95. The van der Waals surface area contributed by atoms with Crippen LogP contribution < -0.4 is 10.3 Å². The van der Waals surface area contributed by atoms with Gasteiger partial charge in [0.2, 0.25) is 0 Å². The standard InChI is InChI=1S/C24H29N5O2/c1-5-7-8-16-9-10-21(31-6-2)18(11-16)20-15-29(4)24(30)19-14-27-23(28-22(19)20)17(12-25)13-26-3/h9-15,17,25H,5-8H2,1-4H3. The lowest BCUT2D eigenvalue weighted by molar-refractivity contribution is 0.341. The molecule has 0 amide bonds. The quantitative estimate of drug-likeness (QED) is 0.527. The van der Waals surface area contributed by atoms with Crippen LogP contribution in [0, 0.1) is 5.41 Å². The summed E-state index contributed by atoms with van der Waals surface area (Å²) in [5.74, 6) is 0.734. The first-order valence-electron chi connectivity index (χ1n) is 10.6. The van der Waals surface area contributed by atoms with Gasteiger partial charge in [0.05, 0.1) is 23.4 Å². The van der Waals surface area contributed by atoms with Gasteiger partial charge in [-0.25, -0.2) is 9.97 Å².